The molecule has 0 saturated heterocycles. The molecule has 0 aliphatic heterocycles. The van der Waals surface area contributed by atoms with Gasteiger partial charge in [0.25, 0.3) is 0 Å². The highest BCUT2D eigenvalue weighted by molar-refractivity contribution is 5.10. The van der Waals surface area contributed by atoms with Crippen LogP contribution in [0.5, 0.6) is 0 Å². The van der Waals surface area contributed by atoms with Gasteiger partial charge >= 0.3 is 0 Å². The highest BCUT2D eigenvalue weighted by atomic mass is 17.1. The molecule has 2 bridgehead atoms. The van der Waals surface area contributed by atoms with Gasteiger partial charge in [0.15, 0.2) is 0 Å². The maximum absolute atomic E-state index is 8.79. The number of hydrogen-bond donors (Lipinski definition) is 1. The second kappa shape index (κ2) is 3.67. The molecule has 82 valence electrons. The van der Waals surface area contributed by atoms with Gasteiger partial charge in [-0.1, -0.05) is 20.8 Å². The average molecular weight is 198 g/mol. The van der Waals surface area contributed by atoms with Crippen LogP contribution in [0.2, 0.25) is 0 Å². The number of fused-ring (bicyclic) bond motifs is 2. The molecule has 0 heterocycles. The SMILES string of the molecule is C=C.CC1(C)C2CCC1(C)C(OO)C2. The third kappa shape index (κ3) is 1.24. The Balaban J connectivity index is 0.000000461. The van der Waals surface area contributed by atoms with Gasteiger partial charge in [0.05, 0.1) is 6.10 Å². The van der Waals surface area contributed by atoms with Gasteiger partial charge in [-0.3, -0.25) is 5.26 Å². The van der Waals surface area contributed by atoms with Gasteiger partial charge in [0.1, 0.15) is 0 Å². The minimum atomic E-state index is 0.0752. The van der Waals surface area contributed by atoms with Crippen LogP contribution in [0.4, 0.5) is 0 Å². The molecule has 2 saturated carbocycles. The van der Waals surface area contributed by atoms with Crippen LogP contribution in [0.25, 0.3) is 0 Å². The first-order valence-corrected chi connectivity index (χ1v) is 5.32. The van der Waals surface area contributed by atoms with E-state index in [-0.39, 0.29) is 11.5 Å². The van der Waals surface area contributed by atoms with E-state index in [0.717, 1.165) is 12.3 Å². The molecular formula is C12H22O2. The van der Waals surface area contributed by atoms with Gasteiger partial charge < -0.3 is 0 Å². The van der Waals surface area contributed by atoms with Gasteiger partial charge in [0.2, 0.25) is 0 Å². The largest absolute Gasteiger partial charge is 0.252 e. The van der Waals surface area contributed by atoms with Crippen LogP contribution in [-0.4, -0.2) is 11.4 Å². The molecular weight excluding hydrogens is 176 g/mol. The standard InChI is InChI=1S/C10H18O2.C2H4/c1-9(2)7-4-5-10(9,3)8(6-7)12-11;1-2/h7-8,11H,4-6H2,1-3H3;1-2H2. The summed E-state index contributed by atoms with van der Waals surface area (Å²) in [5.41, 5.74) is 0.548. The van der Waals surface area contributed by atoms with E-state index in [0.29, 0.717) is 5.41 Å². The summed E-state index contributed by atoms with van der Waals surface area (Å²) in [4.78, 5) is 4.58. The third-order valence-electron chi connectivity index (χ3n) is 4.84. The maximum Gasteiger partial charge on any atom is 0.0988 e. The molecule has 2 aliphatic carbocycles. The fraction of sp³-hybridized carbons (Fsp3) is 0.833. The molecule has 2 rings (SSSR count). The Hall–Kier alpha value is -0.340. The summed E-state index contributed by atoms with van der Waals surface area (Å²) >= 11 is 0. The molecule has 0 spiro atoms. The van der Waals surface area contributed by atoms with Crippen LogP contribution in [0.1, 0.15) is 40.0 Å². The van der Waals surface area contributed by atoms with Crippen LogP contribution in [0, 0.1) is 16.7 Å². The molecule has 14 heavy (non-hydrogen) atoms. The van der Waals surface area contributed by atoms with Gasteiger partial charge in [-0.25, -0.2) is 4.89 Å². The molecule has 3 atom stereocenters. The average Bonchev–Trinajstić information content (AvgIpc) is 2.52. The van der Waals surface area contributed by atoms with E-state index in [4.69, 9.17) is 5.26 Å². The summed E-state index contributed by atoms with van der Waals surface area (Å²) in [6.07, 6.45) is 3.63. The summed E-state index contributed by atoms with van der Waals surface area (Å²) in [5, 5.41) is 8.79. The first-order valence-electron chi connectivity index (χ1n) is 5.32. The van der Waals surface area contributed by atoms with Crippen LogP contribution in [0.15, 0.2) is 13.2 Å². The second-order valence-corrected chi connectivity index (χ2v) is 5.20. The lowest BCUT2D eigenvalue weighted by Gasteiger charge is -2.37. The van der Waals surface area contributed by atoms with Crippen molar-refractivity contribution in [3.63, 3.8) is 0 Å². The van der Waals surface area contributed by atoms with Crippen molar-refractivity contribution in [1.82, 2.24) is 0 Å². The monoisotopic (exact) mass is 198 g/mol. The predicted octanol–water partition coefficient (Wildman–Crippen LogP) is 3.49. The third-order valence-corrected chi connectivity index (χ3v) is 4.84. The van der Waals surface area contributed by atoms with Gasteiger partial charge in [0, 0.05) is 5.41 Å². The van der Waals surface area contributed by atoms with E-state index in [1.54, 1.807) is 0 Å². The molecule has 0 aromatic carbocycles. The Morgan fingerprint density at radius 1 is 1.29 bits per heavy atom. The van der Waals surface area contributed by atoms with Crippen molar-refractivity contribution in [2.75, 3.05) is 0 Å². The number of rotatable bonds is 1. The molecule has 2 fully saturated rings. The van der Waals surface area contributed by atoms with Gasteiger partial charge in [-0.05, 0) is 30.6 Å². The van der Waals surface area contributed by atoms with Gasteiger partial charge in [-0.15, -0.1) is 13.2 Å². The second-order valence-electron chi connectivity index (χ2n) is 5.20. The lowest BCUT2D eigenvalue weighted by Crippen LogP contribution is -2.36. The summed E-state index contributed by atoms with van der Waals surface area (Å²) in [5.74, 6) is 0.750. The molecule has 3 unspecified atom stereocenters. The Morgan fingerprint density at radius 2 is 1.86 bits per heavy atom. The van der Waals surface area contributed by atoms with Crippen LogP contribution in [-0.2, 0) is 4.89 Å². The zero-order valence-electron chi connectivity index (χ0n) is 9.55. The molecule has 1 N–H and O–H groups in total. The summed E-state index contributed by atoms with van der Waals surface area (Å²) in [6.45, 7) is 12.9. The van der Waals surface area contributed by atoms with Crippen molar-refractivity contribution in [3.05, 3.63) is 13.2 Å². The number of hydrogen-bond acceptors (Lipinski definition) is 2. The molecule has 0 aromatic rings. The summed E-state index contributed by atoms with van der Waals surface area (Å²) in [6, 6.07) is 0. The summed E-state index contributed by atoms with van der Waals surface area (Å²) < 4.78 is 0. The van der Waals surface area contributed by atoms with Crippen molar-refractivity contribution >= 4 is 0 Å². The van der Waals surface area contributed by atoms with E-state index < -0.39 is 0 Å². The minimum Gasteiger partial charge on any atom is -0.252 e. The van der Waals surface area contributed by atoms with Crippen molar-refractivity contribution in [1.29, 1.82) is 0 Å². The van der Waals surface area contributed by atoms with E-state index in [2.05, 4.69) is 38.8 Å². The van der Waals surface area contributed by atoms with E-state index in [1.165, 1.54) is 12.8 Å². The minimum absolute atomic E-state index is 0.0752. The lowest BCUT2D eigenvalue weighted by molar-refractivity contribution is -0.303. The molecule has 2 nitrogen and oxygen atoms in total. The highest BCUT2D eigenvalue weighted by Crippen LogP contribution is 2.66. The fourth-order valence-corrected chi connectivity index (χ4v) is 3.29. The normalized spacial score (nSPS) is 43.1. The van der Waals surface area contributed by atoms with Crippen molar-refractivity contribution < 1.29 is 10.1 Å². The van der Waals surface area contributed by atoms with Crippen LogP contribution in [0.3, 0.4) is 0 Å². The van der Waals surface area contributed by atoms with E-state index in [1.807, 2.05) is 0 Å². The zero-order valence-corrected chi connectivity index (χ0v) is 9.55. The highest BCUT2D eigenvalue weighted by Gasteiger charge is 2.62. The van der Waals surface area contributed by atoms with Crippen LogP contribution < -0.4 is 0 Å². The quantitative estimate of drug-likeness (QED) is 0.397. The van der Waals surface area contributed by atoms with Crippen molar-refractivity contribution in [3.8, 4) is 0 Å². The topological polar surface area (TPSA) is 29.5 Å². The van der Waals surface area contributed by atoms with E-state index in [9.17, 15) is 0 Å². The first-order chi connectivity index (χ1) is 6.52. The first kappa shape index (κ1) is 11.7. The smallest absolute Gasteiger partial charge is 0.0988 e. The lowest BCUT2D eigenvalue weighted by atomic mass is 9.70. The Labute approximate surface area is 86.9 Å². The Kier molecular flexibility index (Phi) is 3.07. The molecule has 0 aromatic heterocycles. The molecule has 0 amide bonds. The van der Waals surface area contributed by atoms with E-state index >= 15 is 0 Å². The fourth-order valence-electron chi connectivity index (χ4n) is 3.29. The van der Waals surface area contributed by atoms with Crippen molar-refractivity contribution in [2.45, 2.75) is 46.1 Å². The van der Waals surface area contributed by atoms with Crippen LogP contribution >= 0.6 is 0 Å². The molecule has 2 heteroatoms. The zero-order chi connectivity index (χ0) is 11.0. The maximum atomic E-state index is 8.79. The Morgan fingerprint density at radius 3 is 2.07 bits per heavy atom. The van der Waals surface area contributed by atoms with Gasteiger partial charge in [-0.2, -0.15) is 0 Å². The van der Waals surface area contributed by atoms with Crippen molar-refractivity contribution in [2.24, 2.45) is 16.7 Å². The Bertz CT molecular complexity index is 212. The molecule has 2 aliphatic rings. The molecule has 0 radical (unpaired) electrons. The predicted molar refractivity (Wildman–Crippen MR) is 58.0 cm³/mol. The summed E-state index contributed by atoms with van der Waals surface area (Å²) in [7, 11) is 0.